The number of hydrogen-bond donors (Lipinski definition) is 2. The highest BCUT2D eigenvalue weighted by molar-refractivity contribution is 7.11. The van der Waals surface area contributed by atoms with Crippen molar-refractivity contribution in [1.82, 2.24) is 10.7 Å². The standard InChI is InChI=1S/C12H17N3O2S/c1-8-5-6-18-9(8)7-13-15-11(17)10(16)14-12(2,3)4/h5-7H,1-4H3,(H,14,16)(H,15,17)/b13-7-. The molecule has 1 rings (SSSR count). The predicted octanol–water partition coefficient (Wildman–Crippen LogP) is 1.42. The van der Waals surface area contributed by atoms with Crippen molar-refractivity contribution in [2.75, 3.05) is 0 Å². The van der Waals surface area contributed by atoms with Gasteiger partial charge in [-0.1, -0.05) is 0 Å². The second kappa shape index (κ2) is 5.77. The molecule has 0 bridgehead atoms. The highest BCUT2D eigenvalue weighted by Gasteiger charge is 2.19. The molecule has 0 unspecified atom stereocenters. The van der Waals surface area contributed by atoms with Crippen molar-refractivity contribution in [1.29, 1.82) is 0 Å². The van der Waals surface area contributed by atoms with Crippen LogP contribution in [-0.4, -0.2) is 23.6 Å². The fraction of sp³-hybridized carbons (Fsp3) is 0.417. The molecule has 0 radical (unpaired) electrons. The average Bonchev–Trinajstić information content (AvgIpc) is 2.62. The van der Waals surface area contributed by atoms with Gasteiger partial charge in [-0.25, -0.2) is 5.43 Å². The van der Waals surface area contributed by atoms with Gasteiger partial charge >= 0.3 is 11.8 Å². The molecule has 0 aliphatic carbocycles. The first-order valence-corrected chi connectivity index (χ1v) is 6.37. The van der Waals surface area contributed by atoms with Crippen molar-refractivity contribution in [3.05, 3.63) is 21.9 Å². The van der Waals surface area contributed by atoms with E-state index in [9.17, 15) is 9.59 Å². The molecular weight excluding hydrogens is 250 g/mol. The number of thiophene rings is 1. The van der Waals surface area contributed by atoms with Gasteiger partial charge in [0.15, 0.2) is 0 Å². The first-order chi connectivity index (χ1) is 8.29. The topological polar surface area (TPSA) is 70.6 Å². The van der Waals surface area contributed by atoms with E-state index in [-0.39, 0.29) is 0 Å². The minimum atomic E-state index is -0.768. The third kappa shape index (κ3) is 4.67. The van der Waals surface area contributed by atoms with Gasteiger partial charge in [-0.15, -0.1) is 11.3 Å². The summed E-state index contributed by atoms with van der Waals surface area (Å²) in [5.41, 5.74) is 2.83. The Labute approximate surface area is 110 Å². The summed E-state index contributed by atoms with van der Waals surface area (Å²) in [7, 11) is 0. The quantitative estimate of drug-likeness (QED) is 0.483. The third-order valence-electron chi connectivity index (χ3n) is 1.94. The van der Waals surface area contributed by atoms with Crippen LogP contribution in [0.3, 0.4) is 0 Å². The van der Waals surface area contributed by atoms with Gasteiger partial charge in [-0.05, 0) is 44.7 Å². The monoisotopic (exact) mass is 267 g/mol. The van der Waals surface area contributed by atoms with Crippen LogP contribution in [-0.2, 0) is 9.59 Å². The molecule has 1 aromatic rings. The number of hydrogen-bond acceptors (Lipinski definition) is 4. The molecule has 0 aromatic carbocycles. The van der Waals surface area contributed by atoms with Crippen LogP contribution < -0.4 is 10.7 Å². The van der Waals surface area contributed by atoms with Gasteiger partial charge in [0, 0.05) is 10.4 Å². The van der Waals surface area contributed by atoms with Gasteiger partial charge in [0.2, 0.25) is 0 Å². The molecule has 0 saturated heterocycles. The van der Waals surface area contributed by atoms with Crippen molar-refractivity contribution < 1.29 is 9.59 Å². The summed E-state index contributed by atoms with van der Waals surface area (Å²) < 4.78 is 0. The third-order valence-corrected chi connectivity index (χ3v) is 2.90. The van der Waals surface area contributed by atoms with E-state index in [0.717, 1.165) is 10.4 Å². The number of hydrazone groups is 1. The highest BCUT2D eigenvalue weighted by Crippen LogP contribution is 2.12. The molecule has 6 heteroatoms. The molecule has 98 valence electrons. The predicted molar refractivity (Wildman–Crippen MR) is 72.7 cm³/mol. The van der Waals surface area contributed by atoms with Crippen molar-refractivity contribution in [2.45, 2.75) is 33.2 Å². The van der Waals surface area contributed by atoms with Crippen LogP contribution in [0, 0.1) is 6.92 Å². The number of nitrogens with one attached hydrogen (secondary N) is 2. The second-order valence-corrected chi connectivity index (χ2v) is 5.82. The summed E-state index contributed by atoms with van der Waals surface area (Å²) in [5.74, 6) is -1.46. The van der Waals surface area contributed by atoms with E-state index in [0.29, 0.717) is 0 Å². The molecule has 0 aliphatic heterocycles. The zero-order chi connectivity index (χ0) is 13.8. The van der Waals surface area contributed by atoms with Gasteiger partial charge in [-0.2, -0.15) is 5.10 Å². The normalized spacial score (nSPS) is 11.6. The Morgan fingerprint density at radius 1 is 1.33 bits per heavy atom. The van der Waals surface area contributed by atoms with Crippen LogP contribution in [0.2, 0.25) is 0 Å². The Morgan fingerprint density at radius 3 is 2.50 bits per heavy atom. The van der Waals surface area contributed by atoms with Gasteiger partial charge in [0.25, 0.3) is 0 Å². The largest absolute Gasteiger partial charge is 0.343 e. The lowest BCUT2D eigenvalue weighted by Gasteiger charge is -2.19. The molecule has 1 heterocycles. The first kappa shape index (κ1) is 14.4. The Morgan fingerprint density at radius 2 is 2.00 bits per heavy atom. The summed E-state index contributed by atoms with van der Waals surface area (Å²) in [6, 6.07) is 1.96. The highest BCUT2D eigenvalue weighted by atomic mass is 32.1. The van der Waals surface area contributed by atoms with Gasteiger partial charge in [-0.3, -0.25) is 9.59 Å². The molecule has 1 aromatic heterocycles. The van der Waals surface area contributed by atoms with E-state index in [1.165, 1.54) is 17.6 Å². The molecule has 18 heavy (non-hydrogen) atoms. The van der Waals surface area contributed by atoms with E-state index in [2.05, 4.69) is 15.8 Å². The van der Waals surface area contributed by atoms with Gasteiger partial charge in [0.05, 0.1) is 6.21 Å². The van der Waals surface area contributed by atoms with Crippen molar-refractivity contribution >= 4 is 29.4 Å². The zero-order valence-corrected chi connectivity index (χ0v) is 11.7. The van der Waals surface area contributed by atoms with E-state index in [1.807, 2.05) is 18.4 Å². The van der Waals surface area contributed by atoms with E-state index < -0.39 is 17.4 Å². The van der Waals surface area contributed by atoms with Gasteiger partial charge < -0.3 is 5.32 Å². The maximum absolute atomic E-state index is 11.4. The minimum absolute atomic E-state index is 0.442. The molecule has 5 nitrogen and oxygen atoms in total. The SMILES string of the molecule is Cc1ccsc1/C=N\NC(=O)C(=O)NC(C)(C)C. The van der Waals surface area contributed by atoms with Crippen LogP contribution in [0.25, 0.3) is 0 Å². The lowest BCUT2D eigenvalue weighted by Crippen LogP contribution is -2.47. The first-order valence-electron chi connectivity index (χ1n) is 5.49. The summed E-state index contributed by atoms with van der Waals surface area (Å²) in [6.45, 7) is 7.36. The Bertz CT molecular complexity index is 472. The minimum Gasteiger partial charge on any atom is -0.343 e. The number of rotatable bonds is 2. The van der Waals surface area contributed by atoms with Crippen molar-refractivity contribution in [3.8, 4) is 0 Å². The molecule has 0 fully saturated rings. The number of amides is 2. The molecule has 0 atom stereocenters. The molecule has 0 spiro atoms. The molecular formula is C12H17N3O2S. The number of aryl methyl sites for hydroxylation is 1. The van der Waals surface area contributed by atoms with Crippen molar-refractivity contribution in [2.24, 2.45) is 5.10 Å². The molecule has 2 amide bonds. The Balaban J connectivity index is 2.49. The molecule has 2 N–H and O–H groups in total. The maximum atomic E-state index is 11.4. The summed E-state index contributed by atoms with van der Waals surface area (Å²) in [6.07, 6.45) is 1.53. The van der Waals surface area contributed by atoms with Crippen LogP contribution in [0.1, 0.15) is 31.2 Å². The fourth-order valence-electron chi connectivity index (χ4n) is 1.11. The Kier molecular flexibility index (Phi) is 4.61. The van der Waals surface area contributed by atoms with Gasteiger partial charge in [0.1, 0.15) is 0 Å². The van der Waals surface area contributed by atoms with Crippen LogP contribution in [0.4, 0.5) is 0 Å². The van der Waals surface area contributed by atoms with Crippen LogP contribution >= 0.6 is 11.3 Å². The smallest absolute Gasteiger partial charge is 0.329 e. The molecule has 0 aliphatic rings. The maximum Gasteiger partial charge on any atom is 0.329 e. The van der Waals surface area contributed by atoms with E-state index in [1.54, 1.807) is 20.8 Å². The Hall–Kier alpha value is -1.69. The van der Waals surface area contributed by atoms with E-state index >= 15 is 0 Å². The van der Waals surface area contributed by atoms with E-state index in [4.69, 9.17) is 0 Å². The van der Waals surface area contributed by atoms with Crippen LogP contribution in [0.5, 0.6) is 0 Å². The number of carbonyl (C=O) groups excluding carboxylic acids is 2. The summed E-state index contributed by atoms with van der Waals surface area (Å²) in [5, 5.41) is 8.24. The lowest BCUT2D eigenvalue weighted by atomic mass is 10.1. The fourth-order valence-corrected chi connectivity index (χ4v) is 1.90. The lowest BCUT2D eigenvalue weighted by molar-refractivity contribution is -0.140. The summed E-state index contributed by atoms with van der Waals surface area (Å²) in [4.78, 5) is 23.8. The van der Waals surface area contributed by atoms with Crippen molar-refractivity contribution in [3.63, 3.8) is 0 Å². The van der Waals surface area contributed by atoms with Crippen LogP contribution in [0.15, 0.2) is 16.5 Å². The number of carbonyl (C=O) groups is 2. The zero-order valence-electron chi connectivity index (χ0n) is 10.9. The second-order valence-electron chi connectivity index (χ2n) is 4.87. The average molecular weight is 267 g/mol. The summed E-state index contributed by atoms with van der Waals surface area (Å²) >= 11 is 1.52. The number of nitrogens with zero attached hydrogens (tertiary/aromatic N) is 1. The molecule has 0 saturated carbocycles.